The molecular weight excluding hydrogens is 529 g/mol. The molecule has 1 atom stereocenters. The summed E-state index contributed by atoms with van der Waals surface area (Å²) in [5.74, 6) is -0.702. The van der Waals surface area contributed by atoms with E-state index < -0.39 is 6.04 Å². The molecule has 1 aliphatic rings. The minimum atomic E-state index is -0.781. The third-order valence-electron chi connectivity index (χ3n) is 5.88. The number of aromatic amines is 1. The topological polar surface area (TPSA) is 73.5 Å². The van der Waals surface area contributed by atoms with Crippen LogP contribution in [0.25, 0.3) is 10.9 Å². The molecule has 0 aliphatic carbocycles. The molecule has 1 unspecified atom stereocenters. The number of H-pyrrole nitrogens is 1. The molecule has 172 valence electrons. The standard InChI is InChI=1S/C26H28IN3O3/c1-26(2,3)15-24(32)29(13-12-17-16-28-21-7-5-4-6-20(17)21)22-14-23(31)30(25(22)33)19-10-8-18(27)9-11-19/h4-11,16,22,28H,12-15H2,1-3H3. The number of rotatable bonds is 6. The van der Waals surface area contributed by atoms with Crippen molar-refractivity contribution in [2.45, 2.75) is 46.1 Å². The summed E-state index contributed by atoms with van der Waals surface area (Å²) in [6.45, 7) is 6.38. The van der Waals surface area contributed by atoms with Gasteiger partial charge in [0, 0.05) is 33.6 Å². The molecule has 0 bridgehead atoms. The fraction of sp³-hybridized carbons (Fsp3) is 0.346. The van der Waals surface area contributed by atoms with Crippen molar-refractivity contribution in [3.63, 3.8) is 0 Å². The molecule has 1 N–H and O–H groups in total. The zero-order chi connectivity index (χ0) is 23.8. The minimum absolute atomic E-state index is 0.00852. The van der Waals surface area contributed by atoms with Crippen molar-refractivity contribution in [3.8, 4) is 0 Å². The predicted octanol–water partition coefficient (Wildman–Crippen LogP) is 4.91. The quantitative estimate of drug-likeness (QED) is 0.346. The van der Waals surface area contributed by atoms with E-state index >= 15 is 0 Å². The second-order valence-corrected chi connectivity index (χ2v) is 10.9. The Morgan fingerprint density at radius 3 is 2.52 bits per heavy atom. The average molecular weight is 557 g/mol. The lowest BCUT2D eigenvalue weighted by Gasteiger charge is -2.30. The fourth-order valence-corrected chi connectivity index (χ4v) is 4.67. The summed E-state index contributed by atoms with van der Waals surface area (Å²) in [4.78, 5) is 45.7. The number of amides is 3. The molecule has 0 radical (unpaired) electrons. The van der Waals surface area contributed by atoms with Crippen LogP contribution in [0.5, 0.6) is 0 Å². The van der Waals surface area contributed by atoms with Crippen molar-refractivity contribution in [1.29, 1.82) is 0 Å². The fourth-order valence-electron chi connectivity index (χ4n) is 4.31. The maximum Gasteiger partial charge on any atom is 0.257 e. The van der Waals surface area contributed by atoms with Gasteiger partial charge in [-0.1, -0.05) is 39.0 Å². The van der Waals surface area contributed by atoms with Crippen LogP contribution in [0.4, 0.5) is 5.69 Å². The Morgan fingerprint density at radius 2 is 1.82 bits per heavy atom. The first-order valence-corrected chi connectivity index (χ1v) is 12.2. The molecule has 3 amide bonds. The molecular formula is C26H28IN3O3. The molecule has 2 aromatic carbocycles. The minimum Gasteiger partial charge on any atom is -0.361 e. The van der Waals surface area contributed by atoms with Crippen molar-refractivity contribution < 1.29 is 14.4 Å². The van der Waals surface area contributed by atoms with E-state index in [1.54, 1.807) is 17.0 Å². The van der Waals surface area contributed by atoms with Crippen LogP contribution in [0.15, 0.2) is 54.7 Å². The third-order valence-corrected chi connectivity index (χ3v) is 6.60. The Hall–Kier alpha value is -2.68. The number of anilines is 1. The van der Waals surface area contributed by atoms with E-state index in [-0.39, 0.29) is 29.6 Å². The van der Waals surface area contributed by atoms with Crippen LogP contribution in [0.2, 0.25) is 0 Å². The average Bonchev–Trinajstić information content (AvgIpc) is 3.29. The summed E-state index contributed by atoms with van der Waals surface area (Å²) in [7, 11) is 0. The van der Waals surface area contributed by atoms with E-state index in [9.17, 15) is 14.4 Å². The van der Waals surface area contributed by atoms with E-state index in [4.69, 9.17) is 0 Å². The molecule has 1 saturated heterocycles. The predicted molar refractivity (Wildman–Crippen MR) is 138 cm³/mol. The maximum atomic E-state index is 13.4. The molecule has 2 heterocycles. The number of aromatic nitrogens is 1. The van der Waals surface area contributed by atoms with Gasteiger partial charge in [0.1, 0.15) is 6.04 Å². The highest BCUT2D eigenvalue weighted by Crippen LogP contribution is 2.29. The van der Waals surface area contributed by atoms with Gasteiger partial charge in [0.15, 0.2) is 0 Å². The van der Waals surface area contributed by atoms with E-state index in [1.807, 2.05) is 63.4 Å². The number of para-hydroxylation sites is 1. The molecule has 7 heteroatoms. The molecule has 0 spiro atoms. The largest absolute Gasteiger partial charge is 0.361 e. The van der Waals surface area contributed by atoms with Gasteiger partial charge in [0.05, 0.1) is 12.1 Å². The van der Waals surface area contributed by atoms with Gasteiger partial charge >= 0.3 is 0 Å². The lowest BCUT2D eigenvalue weighted by molar-refractivity contribution is -0.139. The molecule has 0 saturated carbocycles. The van der Waals surface area contributed by atoms with Gasteiger partial charge in [-0.25, -0.2) is 4.90 Å². The number of hydrogen-bond acceptors (Lipinski definition) is 3. The third kappa shape index (κ3) is 5.13. The van der Waals surface area contributed by atoms with E-state index in [0.29, 0.717) is 25.1 Å². The molecule has 1 fully saturated rings. The first kappa shape index (κ1) is 23.5. The Kier molecular flexibility index (Phi) is 6.61. The summed E-state index contributed by atoms with van der Waals surface area (Å²) in [6, 6.07) is 14.5. The summed E-state index contributed by atoms with van der Waals surface area (Å²) in [5.41, 5.74) is 2.45. The number of nitrogens with zero attached hydrogens (tertiary/aromatic N) is 2. The zero-order valence-corrected chi connectivity index (χ0v) is 21.3. The van der Waals surface area contributed by atoms with Crippen LogP contribution in [-0.2, 0) is 20.8 Å². The summed E-state index contributed by atoms with van der Waals surface area (Å²) in [5, 5.41) is 1.11. The zero-order valence-electron chi connectivity index (χ0n) is 19.1. The lowest BCUT2D eigenvalue weighted by Crippen LogP contribution is -2.47. The van der Waals surface area contributed by atoms with Gasteiger partial charge in [0.25, 0.3) is 5.91 Å². The van der Waals surface area contributed by atoms with Gasteiger partial charge in [-0.15, -0.1) is 0 Å². The first-order valence-electron chi connectivity index (χ1n) is 11.1. The number of carbonyl (C=O) groups excluding carboxylic acids is 3. The summed E-state index contributed by atoms with van der Waals surface area (Å²) < 4.78 is 1.02. The van der Waals surface area contributed by atoms with Crippen LogP contribution in [0, 0.1) is 8.99 Å². The van der Waals surface area contributed by atoms with E-state index in [2.05, 4.69) is 27.6 Å². The van der Waals surface area contributed by atoms with E-state index in [1.165, 1.54) is 4.90 Å². The number of benzene rings is 2. The molecule has 3 aromatic rings. The molecule has 4 rings (SSSR count). The number of hydrogen-bond donors (Lipinski definition) is 1. The van der Waals surface area contributed by atoms with Gasteiger partial charge in [-0.3, -0.25) is 14.4 Å². The number of nitrogens with one attached hydrogen (secondary N) is 1. The second kappa shape index (κ2) is 9.29. The smallest absolute Gasteiger partial charge is 0.257 e. The molecule has 1 aromatic heterocycles. The Morgan fingerprint density at radius 1 is 1.12 bits per heavy atom. The van der Waals surface area contributed by atoms with Crippen molar-refractivity contribution in [1.82, 2.24) is 9.88 Å². The number of fused-ring (bicyclic) bond motifs is 1. The normalized spacial score (nSPS) is 16.6. The number of halogens is 1. The van der Waals surface area contributed by atoms with Crippen molar-refractivity contribution in [2.24, 2.45) is 5.41 Å². The Bertz CT molecular complexity index is 1190. The second-order valence-electron chi connectivity index (χ2n) is 9.70. The SMILES string of the molecule is CC(C)(C)CC(=O)N(CCc1c[nH]c2ccccc12)C1CC(=O)N(c2ccc(I)cc2)C1=O. The Balaban J connectivity index is 1.60. The van der Waals surface area contributed by atoms with Crippen molar-refractivity contribution >= 4 is 56.9 Å². The van der Waals surface area contributed by atoms with Gasteiger partial charge in [0.2, 0.25) is 11.8 Å². The highest BCUT2D eigenvalue weighted by molar-refractivity contribution is 14.1. The van der Waals surface area contributed by atoms with Crippen LogP contribution in [0.3, 0.4) is 0 Å². The van der Waals surface area contributed by atoms with E-state index in [0.717, 1.165) is 20.0 Å². The van der Waals surface area contributed by atoms with Gasteiger partial charge < -0.3 is 9.88 Å². The molecule has 33 heavy (non-hydrogen) atoms. The van der Waals surface area contributed by atoms with Gasteiger partial charge in [-0.2, -0.15) is 0 Å². The number of carbonyl (C=O) groups is 3. The molecule has 1 aliphatic heterocycles. The summed E-state index contributed by atoms with van der Waals surface area (Å²) in [6.07, 6.45) is 2.87. The van der Waals surface area contributed by atoms with Crippen molar-refractivity contribution in [3.05, 3.63) is 63.9 Å². The molecule has 6 nitrogen and oxygen atoms in total. The Labute approximate surface area is 207 Å². The van der Waals surface area contributed by atoms with Crippen LogP contribution < -0.4 is 4.90 Å². The number of imide groups is 1. The van der Waals surface area contributed by atoms with Crippen LogP contribution in [-0.4, -0.2) is 40.2 Å². The highest BCUT2D eigenvalue weighted by atomic mass is 127. The first-order chi connectivity index (χ1) is 15.6. The lowest BCUT2D eigenvalue weighted by atomic mass is 9.91. The van der Waals surface area contributed by atoms with Gasteiger partial charge in [-0.05, 0) is 70.3 Å². The van der Waals surface area contributed by atoms with Crippen LogP contribution >= 0.6 is 22.6 Å². The van der Waals surface area contributed by atoms with Crippen LogP contribution in [0.1, 0.15) is 39.2 Å². The van der Waals surface area contributed by atoms with Crippen molar-refractivity contribution in [2.75, 3.05) is 11.4 Å². The monoisotopic (exact) mass is 557 g/mol. The highest BCUT2D eigenvalue weighted by Gasteiger charge is 2.44. The maximum absolute atomic E-state index is 13.4. The summed E-state index contributed by atoms with van der Waals surface area (Å²) >= 11 is 2.18.